The average Bonchev–Trinajstić information content (AvgIpc) is 2.93. The van der Waals surface area contributed by atoms with E-state index in [9.17, 15) is 4.79 Å². The molecule has 1 aliphatic rings. The molecule has 1 unspecified atom stereocenters. The third-order valence-electron chi connectivity index (χ3n) is 3.81. The molecule has 1 N–H and O–H groups in total. The summed E-state index contributed by atoms with van der Waals surface area (Å²) in [6.45, 7) is 0.329. The molecule has 0 saturated heterocycles. The van der Waals surface area contributed by atoms with Crippen LogP contribution in [0.3, 0.4) is 0 Å². The van der Waals surface area contributed by atoms with Crippen LogP contribution in [0.15, 0.2) is 24.3 Å². The number of aliphatic carboxylic acids is 1. The van der Waals surface area contributed by atoms with Gasteiger partial charge in [-0.2, -0.15) is 0 Å². The molecule has 3 rings (SSSR count). The van der Waals surface area contributed by atoms with Crippen molar-refractivity contribution in [3.05, 3.63) is 41.2 Å². The maximum atomic E-state index is 10.7. The van der Waals surface area contributed by atoms with Gasteiger partial charge >= 0.3 is 5.97 Å². The number of benzene rings is 1. The molecule has 0 radical (unpaired) electrons. The van der Waals surface area contributed by atoms with E-state index in [1.807, 2.05) is 0 Å². The molecular formula is C14H16N4O2. The summed E-state index contributed by atoms with van der Waals surface area (Å²) < 4.78 is 1.63. The fraction of sp³-hybridized carbons (Fsp3) is 0.429. The first-order valence-corrected chi connectivity index (χ1v) is 6.78. The second-order valence-electron chi connectivity index (χ2n) is 5.11. The van der Waals surface area contributed by atoms with Gasteiger partial charge in [-0.05, 0) is 40.8 Å². The number of hydrogen-bond donors (Lipinski definition) is 1. The molecular weight excluding hydrogens is 256 g/mol. The highest BCUT2D eigenvalue weighted by molar-refractivity contribution is 5.66. The SMILES string of the molecule is O=C(O)CCn1nnnc1C1CCc2ccccc2C1. The van der Waals surface area contributed by atoms with E-state index in [0.29, 0.717) is 6.54 Å². The normalized spacial score (nSPS) is 17.7. The molecule has 2 aromatic rings. The number of aromatic nitrogens is 4. The number of tetrazole rings is 1. The predicted octanol–water partition coefficient (Wildman–Crippen LogP) is 1.42. The van der Waals surface area contributed by atoms with Crippen LogP contribution < -0.4 is 0 Å². The van der Waals surface area contributed by atoms with E-state index in [4.69, 9.17) is 5.11 Å². The second-order valence-corrected chi connectivity index (χ2v) is 5.11. The highest BCUT2D eigenvalue weighted by Gasteiger charge is 2.24. The van der Waals surface area contributed by atoms with Crippen LogP contribution in [-0.4, -0.2) is 31.3 Å². The fourth-order valence-electron chi connectivity index (χ4n) is 2.78. The molecule has 0 fully saturated rings. The van der Waals surface area contributed by atoms with Crippen molar-refractivity contribution in [2.45, 2.75) is 38.1 Å². The van der Waals surface area contributed by atoms with E-state index in [2.05, 4.69) is 39.8 Å². The summed E-state index contributed by atoms with van der Waals surface area (Å²) in [6, 6.07) is 8.43. The zero-order valence-electron chi connectivity index (χ0n) is 11.1. The lowest BCUT2D eigenvalue weighted by Crippen LogP contribution is -2.18. The first kappa shape index (κ1) is 12.8. The summed E-state index contributed by atoms with van der Waals surface area (Å²) in [7, 11) is 0. The van der Waals surface area contributed by atoms with Crippen molar-refractivity contribution in [3.63, 3.8) is 0 Å². The standard InChI is InChI=1S/C14H16N4O2/c19-13(20)7-8-18-14(15-16-17-18)12-6-5-10-3-1-2-4-11(10)9-12/h1-4,12H,5-9H2,(H,19,20). The Morgan fingerprint density at radius 2 is 2.15 bits per heavy atom. The Labute approximate surface area is 116 Å². The van der Waals surface area contributed by atoms with Crippen molar-refractivity contribution in [1.82, 2.24) is 20.2 Å². The molecule has 0 saturated carbocycles. The van der Waals surface area contributed by atoms with E-state index < -0.39 is 5.97 Å². The summed E-state index contributed by atoms with van der Waals surface area (Å²) >= 11 is 0. The van der Waals surface area contributed by atoms with E-state index >= 15 is 0 Å². The van der Waals surface area contributed by atoms with Crippen LogP contribution in [-0.2, 0) is 24.2 Å². The highest BCUT2D eigenvalue weighted by Crippen LogP contribution is 2.31. The summed E-state index contributed by atoms with van der Waals surface area (Å²) in [6.07, 6.45) is 2.99. The molecule has 1 aliphatic carbocycles. The minimum absolute atomic E-state index is 0.0430. The maximum Gasteiger partial charge on any atom is 0.305 e. The van der Waals surface area contributed by atoms with Crippen molar-refractivity contribution in [1.29, 1.82) is 0 Å². The number of carboxylic acids is 1. The van der Waals surface area contributed by atoms with E-state index in [1.165, 1.54) is 11.1 Å². The third kappa shape index (κ3) is 2.54. The van der Waals surface area contributed by atoms with Gasteiger partial charge in [-0.25, -0.2) is 4.68 Å². The number of aryl methyl sites for hydroxylation is 2. The Kier molecular flexibility index (Phi) is 3.45. The van der Waals surface area contributed by atoms with Gasteiger partial charge in [-0.15, -0.1) is 5.10 Å². The third-order valence-corrected chi connectivity index (χ3v) is 3.81. The molecule has 0 spiro atoms. The summed E-state index contributed by atoms with van der Waals surface area (Å²) in [5.41, 5.74) is 2.74. The number of rotatable bonds is 4. The van der Waals surface area contributed by atoms with Crippen LogP contribution >= 0.6 is 0 Å². The van der Waals surface area contributed by atoms with Crippen molar-refractivity contribution >= 4 is 5.97 Å². The number of nitrogens with zero attached hydrogens (tertiary/aromatic N) is 4. The number of carboxylic acid groups (broad SMARTS) is 1. The van der Waals surface area contributed by atoms with Gasteiger partial charge in [0, 0.05) is 5.92 Å². The summed E-state index contributed by atoms with van der Waals surface area (Å²) in [5, 5.41) is 20.5. The predicted molar refractivity (Wildman–Crippen MR) is 71.3 cm³/mol. The molecule has 0 aliphatic heterocycles. The molecule has 6 nitrogen and oxygen atoms in total. The Morgan fingerprint density at radius 1 is 1.35 bits per heavy atom. The molecule has 0 amide bonds. The molecule has 1 heterocycles. The van der Waals surface area contributed by atoms with Crippen LogP contribution in [0, 0.1) is 0 Å². The maximum absolute atomic E-state index is 10.7. The van der Waals surface area contributed by atoms with Gasteiger partial charge in [0.05, 0.1) is 13.0 Å². The highest BCUT2D eigenvalue weighted by atomic mass is 16.4. The molecule has 1 aromatic carbocycles. The van der Waals surface area contributed by atoms with Crippen LogP contribution in [0.4, 0.5) is 0 Å². The smallest absolute Gasteiger partial charge is 0.305 e. The quantitative estimate of drug-likeness (QED) is 0.910. The lowest BCUT2D eigenvalue weighted by molar-refractivity contribution is -0.137. The molecule has 1 atom stereocenters. The van der Waals surface area contributed by atoms with Gasteiger partial charge in [0.1, 0.15) is 0 Å². The molecule has 6 heteroatoms. The van der Waals surface area contributed by atoms with E-state index in [0.717, 1.165) is 25.1 Å². The Hall–Kier alpha value is -2.24. The molecule has 104 valence electrons. The Balaban J connectivity index is 1.78. The van der Waals surface area contributed by atoms with Crippen LogP contribution in [0.2, 0.25) is 0 Å². The molecule has 20 heavy (non-hydrogen) atoms. The van der Waals surface area contributed by atoms with Gasteiger partial charge in [-0.1, -0.05) is 24.3 Å². The van der Waals surface area contributed by atoms with Crippen LogP contribution in [0.1, 0.15) is 35.7 Å². The van der Waals surface area contributed by atoms with Crippen molar-refractivity contribution < 1.29 is 9.90 Å². The zero-order chi connectivity index (χ0) is 13.9. The van der Waals surface area contributed by atoms with Crippen molar-refractivity contribution in [2.24, 2.45) is 0 Å². The van der Waals surface area contributed by atoms with Gasteiger partial charge in [0.25, 0.3) is 0 Å². The van der Waals surface area contributed by atoms with Crippen LogP contribution in [0.25, 0.3) is 0 Å². The Bertz CT molecular complexity index is 623. The minimum atomic E-state index is -0.833. The average molecular weight is 272 g/mol. The largest absolute Gasteiger partial charge is 0.481 e. The van der Waals surface area contributed by atoms with E-state index in [1.54, 1.807) is 4.68 Å². The van der Waals surface area contributed by atoms with Crippen LogP contribution in [0.5, 0.6) is 0 Å². The number of carbonyl (C=O) groups is 1. The topological polar surface area (TPSA) is 80.9 Å². The lowest BCUT2D eigenvalue weighted by atomic mass is 9.83. The van der Waals surface area contributed by atoms with Gasteiger partial charge < -0.3 is 5.11 Å². The summed E-state index contributed by atoms with van der Waals surface area (Å²) in [4.78, 5) is 10.7. The van der Waals surface area contributed by atoms with Gasteiger partial charge in [0.15, 0.2) is 5.82 Å². The minimum Gasteiger partial charge on any atom is -0.481 e. The fourth-order valence-corrected chi connectivity index (χ4v) is 2.78. The zero-order valence-corrected chi connectivity index (χ0v) is 11.1. The monoisotopic (exact) mass is 272 g/mol. The van der Waals surface area contributed by atoms with Crippen molar-refractivity contribution in [2.75, 3.05) is 0 Å². The molecule has 0 bridgehead atoms. The first-order valence-electron chi connectivity index (χ1n) is 6.78. The second kappa shape index (κ2) is 5.40. The molecule has 1 aromatic heterocycles. The number of fused-ring (bicyclic) bond motifs is 1. The lowest BCUT2D eigenvalue weighted by Gasteiger charge is -2.23. The number of hydrogen-bond acceptors (Lipinski definition) is 4. The summed E-state index contributed by atoms with van der Waals surface area (Å²) in [5.74, 6) is 0.245. The Morgan fingerprint density at radius 3 is 2.95 bits per heavy atom. The van der Waals surface area contributed by atoms with Gasteiger partial charge in [-0.3, -0.25) is 4.79 Å². The van der Waals surface area contributed by atoms with Crippen molar-refractivity contribution in [3.8, 4) is 0 Å². The van der Waals surface area contributed by atoms with E-state index in [-0.39, 0.29) is 12.3 Å². The first-order chi connectivity index (χ1) is 9.74. The van der Waals surface area contributed by atoms with Gasteiger partial charge in [0.2, 0.25) is 0 Å².